The predicted octanol–water partition coefficient (Wildman–Crippen LogP) is 4.93. The minimum Gasteiger partial charge on any atom is -0.339 e. The number of Topliss-reactive ketones (excluding diaryl/α,β-unsaturated/α-hetero) is 1. The monoisotopic (exact) mass is 363 g/mol. The third-order valence-corrected chi connectivity index (χ3v) is 5.30. The molecule has 3 rings (SSSR count). The number of amides is 1. The average Bonchev–Trinajstić information content (AvgIpc) is 2.67. The summed E-state index contributed by atoms with van der Waals surface area (Å²) in [5.74, 6) is 0.917. The Morgan fingerprint density at radius 3 is 2.26 bits per heavy atom. The Morgan fingerprint density at radius 2 is 1.67 bits per heavy atom. The first kappa shape index (κ1) is 19.3. The number of piperidine rings is 1. The fourth-order valence-electron chi connectivity index (χ4n) is 3.82. The van der Waals surface area contributed by atoms with E-state index in [4.69, 9.17) is 0 Å². The molecule has 2 aromatic carbocycles. The zero-order valence-electron chi connectivity index (χ0n) is 16.6. The van der Waals surface area contributed by atoms with Gasteiger partial charge in [0.25, 0.3) is 5.91 Å². The van der Waals surface area contributed by atoms with E-state index in [1.165, 1.54) is 5.56 Å². The van der Waals surface area contributed by atoms with Crippen LogP contribution in [0.1, 0.15) is 58.5 Å². The number of hydrogen-bond donors (Lipinski definition) is 0. The lowest BCUT2D eigenvalue weighted by Crippen LogP contribution is -2.40. The van der Waals surface area contributed by atoms with Crippen LogP contribution in [-0.2, 0) is 6.42 Å². The van der Waals surface area contributed by atoms with Gasteiger partial charge in [0.15, 0.2) is 5.78 Å². The minimum atomic E-state index is 0.0162. The van der Waals surface area contributed by atoms with E-state index < -0.39 is 0 Å². The summed E-state index contributed by atoms with van der Waals surface area (Å²) in [5.41, 5.74) is 3.90. The molecule has 0 N–H and O–H groups in total. The van der Waals surface area contributed by atoms with E-state index in [0.717, 1.165) is 36.0 Å². The number of carbonyl (C=O) groups is 2. The maximum absolute atomic E-state index is 12.8. The Labute approximate surface area is 162 Å². The number of hydrogen-bond acceptors (Lipinski definition) is 2. The molecule has 1 saturated heterocycles. The molecule has 0 atom stereocenters. The van der Waals surface area contributed by atoms with Gasteiger partial charge < -0.3 is 4.90 Å². The summed E-state index contributed by atoms with van der Waals surface area (Å²) >= 11 is 0. The summed E-state index contributed by atoms with van der Waals surface area (Å²) in [7, 11) is 0. The summed E-state index contributed by atoms with van der Waals surface area (Å²) in [5, 5.41) is 0. The Bertz CT molecular complexity index is 799. The fourth-order valence-corrected chi connectivity index (χ4v) is 3.82. The summed E-state index contributed by atoms with van der Waals surface area (Å²) in [6.45, 7) is 7.69. The fraction of sp³-hybridized carbons (Fsp3) is 0.417. The van der Waals surface area contributed by atoms with Crippen molar-refractivity contribution in [3.8, 4) is 0 Å². The van der Waals surface area contributed by atoms with Crippen LogP contribution in [0.5, 0.6) is 0 Å². The Hall–Kier alpha value is -2.42. The number of benzene rings is 2. The van der Waals surface area contributed by atoms with Gasteiger partial charge >= 0.3 is 0 Å². The summed E-state index contributed by atoms with van der Waals surface area (Å²) in [6, 6.07) is 15.8. The SMILES string of the molecule is Cc1cccc(C(=O)N2CCC(C(=O)c3ccc(CC(C)C)cc3)CC2)c1. The molecule has 0 unspecified atom stereocenters. The van der Waals surface area contributed by atoms with Crippen molar-refractivity contribution in [2.45, 2.75) is 40.0 Å². The Morgan fingerprint density at radius 1 is 1.00 bits per heavy atom. The highest BCUT2D eigenvalue weighted by atomic mass is 16.2. The lowest BCUT2D eigenvalue weighted by molar-refractivity contribution is 0.0650. The van der Waals surface area contributed by atoms with Crippen LogP contribution in [0.3, 0.4) is 0 Å². The number of ketones is 1. The van der Waals surface area contributed by atoms with Crippen molar-refractivity contribution in [3.05, 3.63) is 70.8 Å². The molecule has 0 bridgehead atoms. The van der Waals surface area contributed by atoms with E-state index in [1.54, 1.807) is 0 Å². The van der Waals surface area contributed by atoms with Gasteiger partial charge in [0.2, 0.25) is 0 Å². The molecule has 0 radical (unpaired) electrons. The molecule has 0 aromatic heterocycles. The average molecular weight is 364 g/mol. The normalized spacial score (nSPS) is 15.2. The molecule has 3 nitrogen and oxygen atoms in total. The first-order valence-corrected chi connectivity index (χ1v) is 9.93. The maximum atomic E-state index is 12.8. The van der Waals surface area contributed by atoms with Crippen molar-refractivity contribution in [1.82, 2.24) is 4.90 Å². The van der Waals surface area contributed by atoms with Crippen molar-refractivity contribution in [1.29, 1.82) is 0 Å². The van der Waals surface area contributed by atoms with Crippen LogP contribution in [0.4, 0.5) is 0 Å². The van der Waals surface area contributed by atoms with Crippen molar-refractivity contribution in [2.24, 2.45) is 11.8 Å². The predicted molar refractivity (Wildman–Crippen MR) is 109 cm³/mol. The molecule has 3 heteroatoms. The minimum absolute atomic E-state index is 0.0162. The molecular weight excluding hydrogens is 334 g/mol. The van der Waals surface area contributed by atoms with Gasteiger partial charge in [-0.2, -0.15) is 0 Å². The molecule has 0 spiro atoms. The molecule has 142 valence electrons. The molecule has 2 aromatic rings. The Kier molecular flexibility index (Phi) is 6.10. The van der Waals surface area contributed by atoms with Crippen LogP contribution in [-0.4, -0.2) is 29.7 Å². The number of aryl methyl sites for hydroxylation is 1. The van der Waals surface area contributed by atoms with Crippen LogP contribution in [0, 0.1) is 18.8 Å². The number of likely N-dealkylation sites (tertiary alicyclic amines) is 1. The third kappa shape index (κ3) is 4.85. The van der Waals surface area contributed by atoms with Crippen LogP contribution in [0.15, 0.2) is 48.5 Å². The summed E-state index contributed by atoms with van der Waals surface area (Å²) < 4.78 is 0. The van der Waals surface area contributed by atoms with Crippen LogP contribution in [0.25, 0.3) is 0 Å². The van der Waals surface area contributed by atoms with Gasteiger partial charge in [-0.25, -0.2) is 0 Å². The molecule has 0 saturated carbocycles. The van der Waals surface area contributed by atoms with Gasteiger partial charge in [-0.05, 0) is 49.8 Å². The largest absolute Gasteiger partial charge is 0.339 e. The third-order valence-electron chi connectivity index (χ3n) is 5.30. The van der Waals surface area contributed by atoms with E-state index >= 15 is 0 Å². The first-order chi connectivity index (χ1) is 12.9. The maximum Gasteiger partial charge on any atom is 0.253 e. The quantitative estimate of drug-likeness (QED) is 0.707. The smallest absolute Gasteiger partial charge is 0.253 e. The van der Waals surface area contributed by atoms with Gasteiger partial charge in [0.1, 0.15) is 0 Å². The lowest BCUT2D eigenvalue weighted by atomic mass is 9.88. The second kappa shape index (κ2) is 8.51. The van der Waals surface area contributed by atoms with Gasteiger partial charge in [-0.1, -0.05) is 55.8 Å². The zero-order valence-corrected chi connectivity index (χ0v) is 16.6. The van der Waals surface area contributed by atoms with Crippen LogP contribution < -0.4 is 0 Å². The van der Waals surface area contributed by atoms with Gasteiger partial charge in [0.05, 0.1) is 0 Å². The number of nitrogens with zero attached hydrogens (tertiary/aromatic N) is 1. The molecule has 1 amide bonds. The van der Waals surface area contributed by atoms with Gasteiger partial charge in [-0.3, -0.25) is 9.59 Å². The van der Waals surface area contributed by atoms with E-state index in [9.17, 15) is 9.59 Å². The second-order valence-electron chi connectivity index (χ2n) is 8.10. The lowest BCUT2D eigenvalue weighted by Gasteiger charge is -2.31. The van der Waals surface area contributed by atoms with Gasteiger partial charge in [-0.15, -0.1) is 0 Å². The molecule has 1 aliphatic heterocycles. The Balaban J connectivity index is 1.58. The van der Waals surface area contributed by atoms with E-state index in [2.05, 4.69) is 26.0 Å². The van der Waals surface area contributed by atoms with Crippen LogP contribution >= 0.6 is 0 Å². The summed E-state index contributed by atoms with van der Waals surface area (Å²) in [6.07, 6.45) is 2.52. The summed E-state index contributed by atoms with van der Waals surface area (Å²) in [4.78, 5) is 27.4. The van der Waals surface area contributed by atoms with E-state index in [0.29, 0.717) is 19.0 Å². The van der Waals surface area contributed by atoms with Crippen molar-refractivity contribution in [2.75, 3.05) is 13.1 Å². The van der Waals surface area contributed by atoms with Gasteiger partial charge in [0, 0.05) is 30.1 Å². The molecule has 0 aliphatic carbocycles. The van der Waals surface area contributed by atoms with Crippen molar-refractivity contribution in [3.63, 3.8) is 0 Å². The molecule has 1 fully saturated rings. The zero-order chi connectivity index (χ0) is 19.4. The van der Waals surface area contributed by atoms with Crippen molar-refractivity contribution < 1.29 is 9.59 Å². The highest BCUT2D eigenvalue weighted by Gasteiger charge is 2.28. The molecule has 1 aliphatic rings. The highest BCUT2D eigenvalue weighted by Crippen LogP contribution is 2.24. The van der Waals surface area contributed by atoms with Crippen LogP contribution in [0.2, 0.25) is 0 Å². The van der Waals surface area contributed by atoms with E-state index in [1.807, 2.05) is 48.2 Å². The standard InChI is InChI=1S/C24H29NO2/c1-17(2)15-19-7-9-20(10-8-19)23(26)21-11-13-25(14-12-21)24(27)22-6-4-5-18(3)16-22/h4-10,16-17,21H,11-15H2,1-3H3. The topological polar surface area (TPSA) is 37.4 Å². The highest BCUT2D eigenvalue weighted by molar-refractivity contribution is 5.98. The van der Waals surface area contributed by atoms with Crippen molar-refractivity contribution >= 4 is 11.7 Å². The second-order valence-corrected chi connectivity index (χ2v) is 8.10. The molecule has 27 heavy (non-hydrogen) atoms. The molecular formula is C24H29NO2. The number of carbonyl (C=O) groups excluding carboxylic acids is 2. The van der Waals surface area contributed by atoms with E-state index in [-0.39, 0.29) is 17.6 Å². The molecule has 1 heterocycles. The number of rotatable bonds is 5. The first-order valence-electron chi connectivity index (χ1n) is 9.93.